The van der Waals surface area contributed by atoms with Gasteiger partial charge in [0.15, 0.2) is 15.9 Å². The molecule has 0 spiro atoms. The van der Waals surface area contributed by atoms with E-state index in [1.54, 1.807) is 6.92 Å². The van der Waals surface area contributed by atoms with Crippen LogP contribution < -0.4 is 5.32 Å². The zero-order chi connectivity index (χ0) is 22.8. The highest BCUT2D eigenvalue weighted by Gasteiger charge is 2.18. The minimum atomic E-state index is -0.494. The van der Waals surface area contributed by atoms with Gasteiger partial charge in [-0.25, -0.2) is 9.78 Å². The Hall–Kier alpha value is -2.95. The Kier molecular flexibility index (Phi) is 6.45. The summed E-state index contributed by atoms with van der Waals surface area (Å²) in [6, 6.07) is 7.55. The fraction of sp³-hybridized carbons (Fsp3) is 0.190. The lowest BCUT2D eigenvalue weighted by molar-refractivity contribution is -0.113. The number of hydrogen-bond acceptors (Lipinski definition) is 8. The van der Waals surface area contributed by atoms with E-state index in [4.69, 9.17) is 16.3 Å². The molecule has 32 heavy (non-hydrogen) atoms. The van der Waals surface area contributed by atoms with Crippen molar-refractivity contribution in [1.82, 2.24) is 19.6 Å². The first-order valence-corrected chi connectivity index (χ1v) is 11.7. The highest BCUT2D eigenvalue weighted by Crippen LogP contribution is 2.28. The van der Waals surface area contributed by atoms with Crippen molar-refractivity contribution in [3.63, 3.8) is 0 Å². The van der Waals surface area contributed by atoms with Gasteiger partial charge in [-0.2, -0.15) is 0 Å². The van der Waals surface area contributed by atoms with Crippen molar-refractivity contribution in [1.29, 1.82) is 0 Å². The molecule has 0 saturated heterocycles. The molecule has 4 aromatic rings. The number of carbonyl (C=O) groups excluding carboxylic acids is 2. The second-order valence-corrected chi connectivity index (χ2v) is 9.20. The van der Waals surface area contributed by atoms with Crippen LogP contribution in [0.25, 0.3) is 16.6 Å². The fourth-order valence-corrected chi connectivity index (χ4v) is 4.91. The number of nitrogens with one attached hydrogen (secondary N) is 1. The number of aromatic nitrogens is 4. The number of aryl methyl sites for hydroxylation is 2. The number of benzene rings is 1. The number of carbonyl (C=O) groups is 2. The van der Waals surface area contributed by atoms with Gasteiger partial charge in [0.1, 0.15) is 11.5 Å². The predicted molar refractivity (Wildman–Crippen MR) is 127 cm³/mol. The number of ether oxygens (including phenoxy) is 1. The van der Waals surface area contributed by atoms with E-state index in [0.29, 0.717) is 31.5 Å². The van der Waals surface area contributed by atoms with Crippen LogP contribution in [0.3, 0.4) is 0 Å². The molecule has 0 saturated carbocycles. The van der Waals surface area contributed by atoms with Crippen LogP contribution in [0.2, 0.25) is 5.02 Å². The molecule has 8 nitrogen and oxygen atoms in total. The maximum absolute atomic E-state index is 12.5. The Morgan fingerprint density at radius 2 is 2.12 bits per heavy atom. The number of rotatable bonds is 7. The number of esters is 1. The average molecular weight is 488 g/mol. The van der Waals surface area contributed by atoms with Crippen molar-refractivity contribution < 1.29 is 14.3 Å². The third-order valence-corrected chi connectivity index (χ3v) is 6.74. The zero-order valence-corrected chi connectivity index (χ0v) is 19.6. The van der Waals surface area contributed by atoms with Gasteiger partial charge in [0.05, 0.1) is 17.0 Å². The molecule has 4 rings (SSSR count). The van der Waals surface area contributed by atoms with Gasteiger partial charge < -0.3 is 10.1 Å². The molecule has 0 aliphatic carbocycles. The van der Waals surface area contributed by atoms with Crippen LogP contribution >= 0.6 is 34.7 Å². The monoisotopic (exact) mass is 487 g/mol. The molecule has 1 N–H and O–H groups in total. The van der Waals surface area contributed by atoms with Crippen molar-refractivity contribution in [2.45, 2.75) is 19.0 Å². The van der Waals surface area contributed by atoms with Crippen molar-refractivity contribution in [3.05, 3.63) is 58.1 Å². The summed E-state index contributed by atoms with van der Waals surface area (Å²) in [6.45, 7) is 7.30. The van der Waals surface area contributed by atoms with Crippen LogP contribution in [0.5, 0.6) is 0 Å². The van der Waals surface area contributed by atoms with Crippen LogP contribution in [-0.4, -0.2) is 43.8 Å². The Morgan fingerprint density at radius 3 is 2.91 bits per heavy atom. The maximum atomic E-state index is 12.5. The Balaban J connectivity index is 1.49. The van der Waals surface area contributed by atoms with Gasteiger partial charge in [-0.05, 0) is 43.7 Å². The van der Waals surface area contributed by atoms with Gasteiger partial charge in [-0.15, -0.1) is 10.2 Å². The Morgan fingerprint density at radius 1 is 1.31 bits per heavy atom. The minimum absolute atomic E-state index is 0.0959. The number of amides is 1. The Bertz CT molecular complexity index is 1360. The number of hydrogen-bond donors (Lipinski definition) is 1. The standard InChI is InChI=1S/C21H18ClN5O3S2/c1-4-7-30-19(29)18-12(3)23-20(32-18)24-17(28)10-31-21-26-25-16-8-11(2)14-9-13(22)5-6-15(14)27(16)21/h4-6,8-9H,1,7,10H2,2-3H3,(H,23,24,28). The smallest absolute Gasteiger partial charge is 0.350 e. The first kappa shape index (κ1) is 22.3. The molecule has 1 amide bonds. The summed E-state index contributed by atoms with van der Waals surface area (Å²) in [5, 5.41) is 13.8. The van der Waals surface area contributed by atoms with Gasteiger partial charge in [0.2, 0.25) is 5.91 Å². The van der Waals surface area contributed by atoms with Crippen molar-refractivity contribution in [2.24, 2.45) is 0 Å². The second kappa shape index (κ2) is 9.27. The first-order valence-electron chi connectivity index (χ1n) is 9.49. The van der Waals surface area contributed by atoms with Gasteiger partial charge in [-0.3, -0.25) is 9.20 Å². The quantitative estimate of drug-likeness (QED) is 0.229. The molecular formula is C21H18ClN5O3S2. The number of thiazole rings is 1. The van der Waals surface area contributed by atoms with E-state index in [0.717, 1.165) is 27.8 Å². The lowest BCUT2D eigenvalue weighted by Gasteiger charge is -2.08. The molecule has 164 valence electrons. The average Bonchev–Trinajstić information content (AvgIpc) is 3.33. The maximum Gasteiger partial charge on any atom is 0.350 e. The lowest BCUT2D eigenvalue weighted by atomic mass is 10.1. The number of anilines is 1. The van der Waals surface area contributed by atoms with Gasteiger partial charge in [-0.1, -0.05) is 47.4 Å². The van der Waals surface area contributed by atoms with E-state index in [1.165, 1.54) is 17.8 Å². The molecular weight excluding hydrogens is 470 g/mol. The van der Waals surface area contributed by atoms with Crippen molar-refractivity contribution >= 4 is 68.3 Å². The summed E-state index contributed by atoms with van der Waals surface area (Å²) in [7, 11) is 0. The molecule has 0 aliphatic heterocycles. The molecule has 3 aromatic heterocycles. The lowest BCUT2D eigenvalue weighted by Crippen LogP contribution is -2.14. The van der Waals surface area contributed by atoms with E-state index in [2.05, 4.69) is 27.1 Å². The van der Waals surface area contributed by atoms with E-state index in [1.807, 2.05) is 35.6 Å². The molecule has 1 aromatic carbocycles. The molecule has 0 bridgehead atoms. The molecule has 0 aliphatic rings. The third-order valence-electron chi connectivity index (χ3n) is 4.52. The summed E-state index contributed by atoms with van der Waals surface area (Å²) >= 11 is 8.48. The normalized spacial score (nSPS) is 11.1. The van der Waals surface area contributed by atoms with Crippen LogP contribution in [0, 0.1) is 13.8 Å². The largest absolute Gasteiger partial charge is 0.457 e. The zero-order valence-electron chi connectivity index (χ0n) is 17.2. The van der Waals surface area contributed by atoms with Crippen LogP contribution in [0.4, 0.5) is 5.13 Å². The highest BCUT2D eigenvalue weighted by atomic mass is 35.5. The second-order valence-electron chi connectivity index (χ2n) is 6.82. The molecule has 0 atom stereocenters. The summed E-state index contributed by atoms with van der Waals surface area (Å²) in [5.74, 6) is -0.670. The van der Waals surface area contributed by atoms with Crippen LogP contribution in [-0.2, 0) is 9.53 Å². The number of pyridine rings is 1. The van der Waals surface area contributed by atoms with E-state index in [-0.39, 0.29) is 18.3 Å². The number of fused-ring (bicyclic) bond motifs is 3. The SMILES string of the molecule is C=CCOC(=O)c1sc(NC(=O)CSc2nnc3cc(C)c4cc(Cl)ccc4n23)nc1C. The molecule has 11 heteroatoms. The van der Waals surface area contributed by atoms with Crippen molar-refractivity contribution in [3.8, 4) is 0 Å². The number of thioether (sulfide) groups is 1. The molecule has 3 heterocycles. The highest BCUT2D eigenvalue weighted by molar-refractivity contribution is 7.99. The molecule has 0 fully saturated rings. The molecule has 0 unspecified atom stereocenters. The fourth-order valence-electron chi connectivity index (χ4n) is 3.11. The topological polar surface area (TPSA) is 98.5 Å². The van der Waals surface area contributed by atoms with E-state index < -0.39 is 5.97 Å². The minimum Gasteiger partial charge on any atom is -0.457 e. The summed E-state index contributed by atoms with van der Waals surface area (Å²) in [4.78, 5) is 29.1. The van der Waals surface area contributed by atoms with E-state index >= 15 is 0 Å². The molecule has 0 radical (unpaired) electrons. The number of halogens is 1. The summed E-state index contributed by atoms with van der Waals surface area (Å²) < 4.78 is 6.94. The van der Waals surface area contributed by atoms with Crippen molar-refractivity contribution in [2.75, 3.05) is 17.7 Å². The van der Waals surface area contributed by atoms with E-state index in [9.17, 15) is 9.59 Å². The first-order chi connectivity index (χ1) is 15.4. The Labute approximate surface area is 196 Å². The third kappa shape index (κ3) is 4.47. The van der Waals surface area contributed by atoms with Crippen LogP contribution in [0.15, 0.2) is 42.1 Å². The number of nitrogens with zero attached hydrogens (tertiary/aromatic N) is 4. The van der Waals surface area contributed by atoms with Crippen LogP contribution in [0.1, 0.15) is 20.9 Å². The van der Waals surface area contributed by atoms with Gasteiger partial charge >= 0.3 is 5.97 Å². The van der Waals surface area contributed by atoms with Gasteiger partial charge in [0, 0.05) is 10.4 Å². The van der Waals surface area contributed by atoms with Gasteiger partial charge in [0.25, 0.3) is 0 Å². The summed E-state index contributed by atoms with van der Waals surface area (Å²) in [6.07, 6.45) is 1.49. The predicted octanol–water partition coefficient (Wildman–Crippen LogP) is 4.68. The summed E-state index contributed by atoms with van der Waals surface area (Å²) in [5.41, 5.74) is 3.14.